The molecule has 3 heterocycles. The average Bonchev–Trinajstić information content (AvgIpc) is 3.35. The smallest absolute Gasteiger partial charge is 0.356 e. The van der Waals surface area contributed by atoms with E-state index in [1.165, 1.54) is 22.7 Å². The monoisotopic (exact) mass is 391 g/mol. The summed E-state index contributed by atoms with van der Waals surface area (Å²) in [5.41, 5.74) is 2.53. The van der Waals surface area contributed by atoms with Crippen LogP contribution in [0.15, 0.2) is 60.1 Å². The summed E-state index contributed by atoms with van der Waals surface area (Å²) in [6.45, 7) is 0. The number of carboxylic acids is 1. The normalized spacial score (nSPS) is 11.1. The Morgan fingerprint density at radius 1 is 1.00 bits per heavy atom. The van der Waals surface area contributed by atoms with Gasteiger partial charge >= 0.3 is 5.97 Å². The van der Waals surface area contributed by atoms with Gasteiger partial charge in [0.25, 0.3) is 0 Å². The lowest BCUT2D eigenvalue weighted by molar-refractivity contribution is 0.0692. The van der Waals surface area contributed by atoms with Crippen LogP contribution in [0.25, 0.3) is 33.3 Å². The van der Waals surface area contributed by atoms with E-state index in [2.05, 4.69) is 15.0 Å². The van der Waals surface area contributed by atoms with Gasteiger partial charge in [0.1, 0.15) is 10.0 Å². The summed E-state index contributed by atoms with van der Waals surface area (Å²) in [4.78, 5) is 25.3. The van der Waals surface area contributed by atoms with E-state index in [4.69, 9.17) is 0 Å². The van der Waals surface area contributed by atoms with Crippen LogP contribution < -0.4 is 0 Å². The lowest BCUT2D eigenvalue weighted by Gasteiger charge is -1.97. The first kappa shape index (κ1) is 17.3. The second-order valence-corrected chi connectivity index (χ2v) is 7.42. The van der Waals surface area contributed by atoms with Gasteiger partial charge in [-0.2, -0.15) is 0 Å². The third-order valence-electron chi connectivity index (χ3n) is 3.68. The van der Waals surface area contributed by atoms with Crippen molar-refractivity contribution >= 4 is 40.8 Å². The van der Waals surface area contributed by atoms with Crippen molar-refractivity contribution in [1.29, 1.82) is 0 Å². The van der Waals surface area contributed by atoms with Crippen molar-refractivity contribution in [3.05, 3.63) is 76.5 Å². The van der Waals surface area contributed by atoms with Crippen LogP contribution in [0.3, 0.4) is 0 Å². The van der Waals surface area contributed by atoms with Gasteiger partial charge in [-0.3, -0.25) is 4.98 Å². The number of pyridine rings is 1. The summed E-state index contributed by atoms with van der Waals surface area (Å²) in [6, 6.07) is 15.1. The Labute approximate surface area is 163 Å². The molecule has 0 unspecified atom stereocenters. The number of carbonyl (C=O) groups is 1. The number of hydrogen-bond donors (Lipinski definition) is 1. The van der Waals surface area contributed by atoms with Crippen molar-refractivity contribution in [3.8, 4) is 21.1 Å². The Kier molecular flexibility index (Phi) is 4.86. The Morgan fingerprint density at radius 3 is 2.56 bits per heavy atom. The number of nitrogens with zero attached hydrogens (tertiary/aromatic N) is 3. The predicted octanol–water partition coefficient (Wildman–Crippen LogP) is 5.20. The maximum absolute atomic E-state index is 11.5. The highest BCUT2D eigenvalue weighted by Crippen LogP contribution is 2.31. The minimum Gasteiger partial charge on any atom is -0.476 e. The molecule has 0 atom stereocenters. The van der Waals surface area contributed by atoms with Crippen LogP contribution in [0.1, 0.15) is 21.2 Å². The van der Waals surface area contributed by atoms with Crippen LogP contribution in [0.4, 0.5) is 0 Å². The maximum atomic E-state index is 11.5. The summed E-state index contributed by atoms with van der Waals surface area (Å²) < 4.78 is 0. The molecule has 0 amide bonds. The zero-order valence-corrected chi connectivity index (χ0v) is 15.6. The minimum atomic E-state index is -1.03. The number of aromatic carboxylic acids is 1. The first-order valence-corrected chi connectivity index (χ1v) is 9.75. The fourth-order valence-electron chi connectivity index (χ4n) is 2.46. The van der Waals surface area contributed by atoms with Crippen molar-refractivity contribution in [2.45, 2.75) is 0 Å². The number of benzene rings is 1. The molecule has 0 spiro atoms. The zero-order valence-electron chi connectivity index (χ0n) is 13.9. The molecule has 4 rings (SSSR count). The lowest BCUT2D eigenvalue weighted by Crippen LogP contribution is -1.98. The van der Waals surface area contributed by atoms with E-state index in [9.17, 15) is 9.90 Å². The maximum Gasteiger partial charge on any atom is 0.356 e. The molecule has 27 heavy (non-hydrogen) atoms. The van der Waals surface area contributed by atoms with Gasteiger partial charge in [-0.1, -0.05) is 36.4 Å². The molecule has 3 aromatic heterocycles. The Morgan fingerprint density at radius 2 is 1.81 bits per heavy atom. The molecule has 0 aliphatic rings. The summed E-state index contributed by atoms with van der Waals surface area (Å²) in [7, 11) is 0. The second kappa shape index (κ2) is 7.61. The lowest BCUT2D eigenvalue weighted by atomic mass is 10.1. The highest BCUT2D eigenvalue weighted by Gasteiger charge is 2.17. The third-order valence-corrected chi connectivity index (χ3v) is 5.64. The zero-order chi connectivity index (χ0) is 18.6. The molecule has 1 N–H and O–H groups in total. The Hall–Kier alpha value is -3.16. The molecule has 0 bridgehead atoms. The van der Waals surface area contributed by atoms with Crippen LogP contribution in [0, 0.1) is 0 Å². The van der Waals surface area contributed by atoms with Gasteiger partial charge in [0.05, 0.1) is 16.3 Å². The van der Waals surface area contributed by atoms with Gasteiger partial charge in [0, 0.05) is 11.6 Å². The SMILES string of the molecule is O=C(O)c1nc(C=Cc2csc(-c3ccccn3)n2)sc1-c1ccccc1. The van der Waals surface area contributed by atoms with E-state index >= 15 is 0 Å². The Balaban J connectivity index is 1.62. The fraction of sp³-hybridized carbons (Fsp3) is 0. The molecule has 0 fully saturated rings. The van der Waals surface area contributed by atoms with E-state index < -0.39 is 5.97 Å². The molecule has 0 aliphatic heterocycles. The average molecular weight is 391 g/mol. The van der Waals surface area contributed by atoms with E-state index in [0.29, 0.717) is 9.88 Å². The number of rotatable bonds is 5. The molecule has 0 aliphatic carbocycles. The first-order chi connectivity index (χ1) is 13.2. The standard InChI is InChI=1S/C20H13N3O2S2/c24-20(25)17-18(13-6-2-1-3-7-13)27-16(23-17)10-9-14-12-26-19(22-14)15-8-4-5-11-21-15/h1-12H,(H,24,25). The Bertz CT molecular complexity index is 1100. The van der Waals surface area contributed by atoms with Gasteiger partial charge < -0.3 is 5.11 Å². The van der Waals surface area contributed by atoms with Crippen molar-refractivity contribution in [1.82, 2.24) is 15.0 Å². The van der Waals surface area contributed by atoms with Crippen LogP contribution in [0.2, 0.25) is 0 Å². The van der Waals surface area contributed by atoms with Gasteiger partial charge in [-0.25, -0.2) is 14.8 Å². The van der Waals surface area contributed by atoms with Crippen molar-refractivity contribution in [3.63, 3.8) is 0 Å². The fourth-order valence-corrected chi connectivity index (χ4v) is 4.19. The first-order valence-electron chi connectivity index (χ1n) is 8.05. The number of carboxylic acid groups (broad SMARTS) is 1. The van der Waals surface area contributed by atoms with Gasteiger partial charge in [-0.15, -0.1) is 22.7 Å². The van der Waals surface area contributed by atoms with Crippen LogP contribution in [-0.4, -0.2) is 26.0 Å². The van der Waals surface area contributed by atoms with Gasteiger partial charge in [-0.05, 0) is 29.8 Å². The van der Waals surface area contributed by atoms with E-state index in [0.717, 1.165) is 22.0 Å². The molecular formula is C20H13N3O2S2. The second-order valence-electron chi connectivity index (χ2n) is 5.53. The molecule has 0 saturated heterocycles. The molecule has 0 radical (unpaired) electrons. The summed E-state index contributed by atoms with van der Waals surface area (Å²) in [5.74, 6) is -1.03. The molecule has 4 aromatic rings. The van der Waals surface area contributed by atoms with Crippen LogP contribution >= 0.6 is 22.7 Å². The molecule has 7 heteroatoms. The number of aromatic nitrogens is 3. The number of thiazole rings is 2. The van der Waals surface area contributed by atoms with E-state index in [1.807, 2.05) is 60.0 Å². The third kappa shape index (κ3) is 3.84. The summed E-state index contributed by atoms with van der Waals surface area (Å²) in [6.07, 6.45) is 5.36. The summed E-state index contributed by atoms with van der Waals surface area (Å²) in [5, 5.41) is 12.9. The van der Waals surface area contributed by atoms with Crippen molar-refractivity contribution in [2.24, 2.45) is 0 Å². The molecule has 132 valence electrons. The molecular weight excluding hydrogens is 378 g/mol. The molecule has 1 aromatic carbocycles. The van der Waals surface area contributed by atoms with Crippen molar-refractivity contribution < 1.29 is 9.90 Å². The quantitative estimate of drug-likeness (QED) is 0.506. The van der Waals surface area contributed by atoms with Crippen LogP contribution in [0.5, 0.6) is 0 Å². The van der Waals surface area contributed by atoms with E-state index in [-0.39, 0.29) is 5.69 Å². The minimum absolute atomic E-state index is 0.0679. The largest absolute Gasteiger partial charge is 0.476 e. The van der Waals surface area contributed by atoms with Crippen LogP contribution in [-0.2, 0) is 0 Å². The highest BCUT2D eigenvalue weighted by molar-refractivity contribution is 7.16. The summed E-state index contributed by atoms with van der Waals surface area (Å²) >= 11 is 2.86. The highest BCUT2D eigenvalue weighted by atomic mass is 32.1. The predicted molar refractivity (Wildman–Crippen MR) is 109 cm³/mol. The molecule has 0 saturated carbocycles. The van der Waals surface area contributed by atoms with Gasteiger partial charge in [0.15, 0.2) is 5.69 Å². The van der Waals surface area contributed by atoms with Crippen molar-refractivity contribution in [2.75, 3.05) is 0 Å². The van der Waals surface area contributed by atoms with E-state index in [1.54, 1.807) is 12.3 Å². The number of hydrogen-bond acceptors (Lipinski definition) is 6. The topological polar surface area (TPSA) is 76.0 Å². The molecule has 5 nitrogen and oxygen atoms in total. The van der Waals surface area contributed by atoms with Gasteiger partial charge in [0.2, 0.25) is 0 Å².